The Kier molecular flexibility index (Phi) is 6.27. The van der Waals surface area contributed by atoms with Crippen LogP contribution in [0.2, 0.25) is 0 Å². The van der Waals surface area contributed by atoms with Crippen LogP contribution in [0.25, 0.3) is 6.08 Å². The molecule has 0 aliphatic heterocycles. The van der Waals surface area contributed by atoms with Crippen molar-refractivity contribution in [3.05, 3.63) is 41.5 Å². The zero-order chi connectivity index (χ0) is 17.6. The second-order valence-electron chi connectivity index (χ2n) is 7.63. The van der Waals surface area contributed by atoms with E-state index in [1.165, 1.54) is 43.2 Å². The Morgan fingerprint density at radius 1 is 1.16 bits per heavy atom. The molecule has 2 atom stereocenters. The van der Waals surface area contributed by atoms with Gasteiger partial charge in [-0.05, 0) is 50.5 Å². The van der Waals surface area contributed by atoms with E-state index in [-0.39, 0.29) is 5.91 Å². The molecule has 1 unspecified atom stereocenters. The van der Waals surface area contributed by atoms with E-state index < -0.39 is 0 Å². The van der Waals surface area contributed by atoms with Crippen molar-refractivity contribution in [1.82, 2.24) is 10.6 Å². The average molecular weight is 341 g/mol. The Morgan fingerprint density at radius 2 is 1.84 bits per heavy atom. The van der Waals surface area contributed by atoms with Crippen molar-refractivity contribution in [3.8, 4) is 0 Å². The van der Waals surface area contributed by atoms with Crippen molar-refractivity contribution in [2.24, 2.45) is 11.7 Å². The van der Waals surface area contributed by atoms with E-state index in [4.69, 9.17) is 5.73 Å². The molecule has 4 N–H and O–H groups in total. The first kappa shape index (κ1) is 18.2. The summed E-state index contributed by atoms with van der Waals surface area (Å²) in [5, 5.41) is 7.32. The molecule has 0 spiro atoms. The molecule has 0 saturated heterocycles. The van der Waals surface area contributed by atoms with Gasteiger partial charge in [-0.25, -0.2) is 0 Å². The number of primary amides is 1. The van der Waals surface area contributed by atoms with Crippen LogP contribution < -0.4 is 16.4 Å². The van der Waals surface area contributed by atoms with Crippen molar-refractivity contribution in [2.75, 3.05) is 6.54 Å². The summed E-state index contributed by atoms with van der Waals surface area (Å²) in [5.41, 5.74) is 7.97. The number of nitrogens with one attached hydrogen (secondary N) is 2. The number of nitrogens with two attached hydrogens (primary N) is 1. The Labute approximate surface area is 151 Å². The van der Waals surface area contributed by atoms with Gasteiger partial charge in [0, 0.05) is 31.1 Å². The first-order chi connectivity index (χ1) is 12.1. The number of benzene rings is 1. The molecule has 0 radical (unpaired) electrons. The van der Waals surface area contributed by atoms with E-state index in [1.807, 2.05) is 0 Å². The summed E-state index contributed by atoms with van der Waals surface area (Å²) in [7, 11) is 0. The molecule has 3 rings (SSSR count). The van der Waals surface area contributed by atoms with Crippen molar-refractivity contribution < 1.29 is 4.79 Å². The molecule has 136 valence electrons. The Balaban J connectivity index is 1.36. The minimum Gasteiger partial charge on any atom is -0.370 e. The van der Waals surface area contributed by atoms with Crippen LogP contribution in [-0.4, -0.2) is 30.6 Å². The van der Waals surface area contributed by atoms with E-state index in [0.717, 1.165) is 0 Å². The lowest BCUT2D eigenvalue weighted by Gasteiger charge is -2.30. The molecular formula is C21H31N3O. The molecule has 4 nitrogen and oxygen atoms in total. The molecule has 4 heteroatoms. The summed E-state index contributed by atoms with van der Waals surface area (Å²) in [4.78, 5) is 10.8. The average Bonchev–Trinajstić information content (AvgIpc) is 3.36. The number of carbonyl (C=O) groups is 1. The number of carbonyl (C=O) groups excluding carboxylic acids is 1. The molecule has 1 amide bonds. The van der Waals surface area contributed by atoms with Gasteiger partial charge in [0.2, 0.25) is 5.91 Å². The Hall–Kier alpha value is -1.65. The topological polar surface area (TPSA) is 67.2 Å². The largest absolute Gasteiger partial charge is 0.370 e. The summed E-state index contributed by atoms with van der Waals surface area (Å²) in [6, 6.07) is 12.4. The maximum absolute atomic E-state index is 10.8. The minimum atomic E-state index is -0.221. The third-order valence-electron chi connectivity index (χ3n) is 5.55. The van der Waals surface area contributed by atoms with Gasteiger partial charge < -0.3 is 16.4 Å². The van der Waals surface area contributed by atoms with Gasteiger partial charge in [0.25, 0.3) is 0 Å². The number of amides is 1. The highest BCUT2D eigenvalue weighted by atomic mass is 16.1. The summed E-state index contributed by atoms with van der Waals surface area (Å²) >= 11 is 0. The van der Waals surface area contributed by atoms with Gasteiger partial charge >= 0.3 is 0 Å². The Morgan fingerprint density at radius 3 is 2.52 bits per heavy atom. The first-order valence-electron chi connectivity index (χ1n) is 9.63. The highest BCUT2D eigenvalue weighted by Gasteiger charge is 2.39. The van der Waals surface area contributed by atoms with Crippen molar-refractivity contribution in [2.45, 2.75) is 63.6 Å². The summed E-state index contributed by atoms with van der Waals surface area (Å²) in [6.45, 7) is 2.98. The highest BCUT2D eigenvalue weighted by molar-refractivity contribution is 5.73. The van der Waals surface area contributed by atoms with E-state index in [9.17, 15) is 4.79 Å². The number of rotatable bonds is 8. The van der Waals surface area contributed by atoms with Gasteiger partial charge in [0.15, 0.2) is 0 Å². The second kappa shape index (κ2) is 8.63. The second-order valence-corrected chi connectivity index (χ2v) is 7.63. The van der Waals surface area contributed by atoms with Gasteiger partial charge in [-0.3, -0.25) is 4.79 Å². The first-order valence-corrected chi connectivity index (χ1v) is 9.63. The molecular weight excluding hydrogens is 310 g/mol. The lowest BCUT2D eigenvalue weighted by atomic mass is 9.91. The van der Waals surface area contributed by atoms with Crippen LogP contribution in [0.4, 0.5) is 0 Å². The van der Waals surface area contributed by atoms with Crippen LogP contribution >= 0.6 is 0 Å². The minimum absolute atomic E-state index is 0.221. The van der Waals surface area contributed by atoms with Gasteiger partial charge in [-0.15, -0.1) is 0 Å². The van der Waals surface area contributed by atoms with E-state index in [0.29, 0.717) is 37.0 Å². The number of hydrogen-bond donors (Lipinski definition) is 3. The van der Waals surface area contributed by atoms with Crippen molar-refractivity contribution >= 4 is 12.0 Å². The standard InChI is InChI=1S/C21H31N3O/c1-15(13-16-5-3-2-4-6-16)19-14-20(19)24-18-9-7-17(8-10-18)23-12-11-21(22)25/h2-6,13,17-20,23-24H,7-12,14H2,1H3,(H2,22,25)/b15-13+/t17?,18?,19-,20?/m0/s1. The summed E-state index contributed by atoms with van der Waals surface area (Å²) in [6.07, 6.45) is 8.85. The molecule has 2 fully saturated rings. The number of hydrogen-bond acceptors (Lipinski definition) is 3. The molecule has 2 aliphatic rings. The smallest absolute Gasteiger partial charge is 0.218 e. The SMILES string of the molecule is C/C(=C\c1ccccc1)[C@@H]1CC1NC1CCC(NCCC(N)=O)CC1. The van der Waals surface area contributed by atoms with Crippen LogP contribution in [0.15, 0.2) is 35.9 Å². The molecule has 0 heterocycles. The van der Waals surface area contributed by atoms with Gasteiger partial charge in [0.1, 0.15) is 0 Å². The quantitative estimate of drug-likeness (QED) is 0.681. The van der Waals surface area contributed by atoms with Crippen LogP contribution in [0, 0.1) is 5.92 Å². The molecule has 1 aromatic carbocycles. The van der Waals surface area contributed by atoms with Crippen LogP contribution in [0.1, 0.15) is 51.0 Å². The lowest BCUT2D eigenvalue weighted by molar-refractivity contribution is -0.117. The van der Waals surface area contributed by atoms with E-state index in [2.05, 4.69) is 54.0 Å². The fourth-order valence-corrected chi connectivity index (χ4v) is 3.97. The maximum atomic E-state index is 10.8. The molecule has 0 aromatic heterocycles. The fraction of sp³-hybridized carbons (Fsp3) is 0.571. The third-order valence-corrected chi connectivity index (χ3v) is 5.55. The van der Waals surface area contributed by atoms with Crippen molar-refractivity contribution in [1.29, 1.82) is 0 Å². The highest BCUT2D eigenvalue weighted by Crippen LogP contribution is 2.39. The molecule has 2 aliphatic carbocycles. The normalized spacial score (nSPS) is 29.4. The zero-order valence-corrected chi connectivity index (χ0v) is 15.2. The van der Waals surface area contributed by atoms with Crippen LogP contribution in [-0.2, 0) is 4.79 Å². The van der Waals surface area contributed by atoms with Gasteiger partial charge in [-0.2, -0.15) is 0 Å². The van der Waals surface area contributed by atoms with Crippen LogP contribution in [0.5, 0.6) is 0 Å². The zero-order valence-electron chi connectivity index (χ0n) is 15.2. The molecule has 1 aromatic rings. The lowest BCUT2D eigenvalue weighted by Crippen LogP contribution is -2.41. The predicted molar refractivity (Wildman–Crippen MR) is 103 cm³/mol. The van der Waals surface area contributed by atoms with Gasteiger partial charge in [0.05, 0.1) is 0 Å². The molecule has 0 bridgehead atoms. The summed E-state index contributed by atoms with van der Waals surface area (Å²) in [5.74, 6) is 0.480. The fourth-order valence-electron chi connectivity index (χ4n) is 3.97. The van der Waals surface area contributed by atoms with E-state index in [1.54, 1.807) is 0 Å². The molecule has 25 heavy (non-hydrogen) atoms. The predicted octanol–water partition coefficient (Wildman–Crippen LogP) is 2.84. The maximum Gasteiger partial charge on any atom is 0.218 e. The monoisotopic (exact) mass is 341 g/mol. The van der Waals surface area contributed by atoms with E-state index >= 15 is 0 Å². The third kappa shape index (κ3) is 5.68. The van der Waals surface area contributed by atoms with Crippen molar-refractivity contribution in [3.63, 3.8) is 0 Å². The summed E-state index contributed by atoms with van der Waals surface area (Å²) < 4.78 is 0. The van der Waals surface area contributed by atoms with Crippen LogP contribution in [0.3, 0.4) is 0 Å². The van der Waals surface area contributed by atoms with Gasteiger partial charge in [-0.1, -0.05) is 42.0 Å². The molecule has 2 saturated carbocycles. The Bertz CT molecular complexity index is 590.